The zero-order valence-corrected chi connectivity index (χ0v) is 11.0. The molecule has 2 aromatic rings. The summed E-state index contributed by atoms with van der Waals surface area (Å²) >= 11 is 1.62. The van der Waals surface area contributed by atoms with E-state index in [1.165, 1.54) is 0 Å². The molecule has 3 heteroatoms. The number of thiazole rings is 1. The lowest BCUT2D eigenvalue weighted by molar-refractivity contribution is 0.0939. The molecule has 2 rings (SSSR count). The Labute approximate surface area is 105 Å². The van der Waals surface area contributed by atoms with Crippen molar-refractivity contribution in [2.45, 2.75) is 20.8 Å². The zero-order chi connectivity index (χ0) is 12.4. The maximum Gasteiger partial charge on any atom is 0.165 e. The Balaban J connectivity index is 2.38. The highest BCUT2D eigenvalue weighted by Crippen LogP contribution is 2.23. The lowest BCUT2D eigenvalue weighted by Gasteiger charge is -2.05. The van der Waals surface area contributed by atoms with Crippen molar-refractivity contribution in [3.05, 3.63) is 40.2 Å². The number of nitrogens with zero attached hydrogens (tertiary/aromatic N) is 1. The SMILES string of the molecule is Cc1nc(-c2cccc(C(=O)C(C)C)c2)cs1. The van der Waals surface area contributed by atoms with Crippen molar-refractivity contribution in [1.29, 1.82) is 0 Å². The maximum atomic E-state index is 11.9. The number of hydrogen-bond acceptors (Lipinski definition) is 3. The first-order chi connectivity index (χ1) is 8.08. The van der Waals surface area contributed by atoms with Crippen LogP contribution in [-0.4, -0.2) is 10.8 Å². The standard InChI is InChI=1S/C14H15NOS/c1-9(2)14(16)12-6-4-5-11(7-12)13-8-17-10(3)15-13/h4-9H,1-3H3. The molecule has 0 aliphatic rings. The van der Waals surface area contributed by atoms with Gasteiger partial charge in [0, 0.05) is 22.4 Å². The molecule has 0 amide bonds. The second-order valence-corrected chi connectivity index (χ2v) is 5.41. The van der Waals surface area contributed by atoms with Gasteiger partial charge < -0.3 is 0 Å². The van der Waals surface area contributed by atoms with Crippen LogP contribution in [0.3, 0.4) is 0 Å². The van der Waals surface area contributed by atoms with Crippen LogP contribution in [0.4, 0.5) is 0 Å². The summed E-state index contributed by atoms with van der Waals surface area (Å²) in [5.41, 5.74) is 2.73. The molecule has 1 aromatic heterocycles. The van der Waals surface area contributed by atoms with E-state index in [-0.39, 0.29) is 11.7 Å². The molecule has 0 saturated carbocycles. The van der Waals surface area contributed by atoms with Crippen molar-refractivity contribution in [3.63, 3.8) is 0 Å². The lowest BCUT2D eigenvalue weighted by Crippen LogP contribution is -2.07. The first kappa shape index (κ1) is 12.0. The molecule has 1 aromatic carbocycles. The molecule has 0 unspecified atom stereocenters. The van der Waals surface area contributed by atoms with Gasteiger partial charge in [0.25, 0.3) is 0 Å². The van der Waals surface area contributed by atoms with E-state index >= 15 is 0 Å². The molecule has 2 nitrogen and oxygen atoms in total. The van der Waals surface area contributed by atoms with Crippen LogP contribution in [-0.2, 0) is 0 Å². The number of benzene rings is 1. The highest BCUT2D eigenvalue weighted by Gasteiger charge is 2.11. The van der Waals surface area contributed by atoms with Crippen molar-refractivity contribution >= 4 is 17.1 Å². The number of Topliss-reactive ketones (excluding diaryl/α,β-unsaturated/α-hetero) is 1. The summed E-state index contributed by atoms with van der Waals surface area (Å²) in [5, 5.41) is 3.06. The van der Waals surface area contributed by atoms with Crippen LogP contribution in [0.25, 0.3) is 11.3 Å². The number of rotatable bonds is 3. The van der Waals surface area contributed by atoms with Gasteiger partial charge in [-0.3, -0.25) is 4.79 Å². The first-order valence-corrected chi connectivity index (χ1v) is 6.52. The molecular weight excluding hydrogens is 230 g/mol. The summed E-state index contributed by atoms with van der Waals surface area (Å²) in [6.07, 6.45) is 0. The molecule has 0 atom stereocenters. The fraction of sp³-hybridized carbons (Fsp3) is 0.286. The Bertz CT molecular complexity index is 543. The highest BCUT2D eigenvalue weighted by molar-refractivity contribution is 7.09. The van der Waals surface area contributed by atoms with Crippen molar-refractivity contribution < 1.29 is 4.79 Å². The fourth-order valence-electron chi connectivity index (χ4n) is 1.66. The minimum Gasteiger partial charge on any atom is -0.294 e. The molecule has 0 bridgehead atoms. The minimum absolute atomic E-state index is 0.0300. The van der Waals surface area contributed by atoms with Gasteiger partial charge in [0.1, 0.15) is 0 Å². The third-order valence-corrected chi connectivity index (χ3v) is 3.36. The third-order valence-electron chi connectivity index (χ3n) is 2.59. The van der Waals surface area contributed by atoms with Gasteiger partial charge in [-0.1, -0.05) is 32.0 Å². The quantitative estimate of drug-likeness (QED) is 0.766. The van der Waals surface area contributed by atoms with E-state index in [9.17, 15) is 4.79 Å². The molecule has 88 valence electrons. The van der Waals surface area contributed by atoms with Gasteiger partial charge in [-0.25, -0.2) is 4.98 Å². The van der Waals surface area contributed by atoms with Crippen molar-refractivity contribution in [1.82, 2.24) is 4.98 Å². The van der Waals surface area contributed by atoms with Crippen LogP contribution < -0.4 is 0 Å². The predicted molar refractivity (Wildman–Crippen MR) is 71.5 cm³/mol. The predicted octanol–water partition coefficient (Wildman–Crippen LogP) is 3.96. The smallest absolute Gasteiger partial charge is 0.165 e. The number of carbonyl (C=O) groups excluding carboxylic acids is 1. The van der Waals surface area contributed by atoms with E-state index in [0.717, 1.165) is 21.8 Å². The van der Waals surface area contributed by atoms with Crippen LogP contribution in [0.15, 0.2) is 29.6 Å². The molecule has 0 saturated heterocycles. The van der Waals surface area contributed by atoms with Gasteiger partial charge in [0.2, 0.25) is 0 Å². The molecular formula is C14H15NOS. The van der Waals surface area contributed by atoms with Gasteiger partial charge in [0.15, 0.2) is 5.78 Å². The zero-order valence-electron chi connectivity index (χ0n) is 10.2. The van der Waals surface area contributed by atoms with E-state index in [1.807, 2.05) is 50.4 Å². The van der Waals surface area contributed by atoms with Gasteiger partial charge in [-0.05, 0) is 13.0 Å². The molecule has 0 aliphatic heterocycles. The summed E-state index contributed by atoms with van der Waals surface area (Å²) in [7, 11) is 0. The van der Waals surface area contributed by atoms with Crippen molar-refractivity contribution in [3.8, 4) is 11.3 Å². The molecule has 1 heterocycles. The Morgan fingerprint density at radius 3 is 2.71 bits per heavy atom. The Kier molecular flexibility index (Phi) is 3.38. The van der Waals surface area contributed by atoms with E-state index in [2.05, 4.69) is 4.98 Å². The second-order valence-electron chi connectivity index (χ2n) is 4.35. The minimum atomic E-state index is 0.0300. The summed E-state index contributed by atoms with van der Waals surface area (Å²) in [6.45, 7) is 5.82. The molecule has 0 aliphatic carbocycles. The Morgan fingerprint density at radius 2 is 2.12 bits per heavy atom. The first-order valence-electron chi connectivity index (χ1n) is 5.64. The van der Waals surface area contributed by atoms with Crippen LogP contribution in [0.1, 0.15) is 29.2 Å². The Morgan fingerprint density at radius 1 is 1.35 bits per heavy atom. The normalized spacial score (nSPS) is 10.8. The van der Waals surface area contributed by atoms with Crippen molar-refractivity contribution in [2.24, 2.45) is 5.92 Å². The lowest BCUT2D eigenvalue weighted by atomic mass is 9.99. The largest absolute Gasteiger partial charge is 0.294 e. The number of ketones is 1. The average molecular weight is 245 g/mol. The van der Waals surface area contributed by atoms with Gasteiger partial charge >= 0.3 is 0 Å². The molecule has 17 heavy (non-hydrogen) atoms. The second kappa shape index (κ2) is 4.80. The number of hydrogen-bond donors (Lipinski definition) is 0. The summed E-state index contributed by atoms with van der Waals surface area (Å²) in [6, 6.07) is 7.70. The van der Waals surface area contributed by atoms with Gasteiger partial charge in [-0.2, -0.15) is 0 Å². The van der Waals surface area contributed by atoms with Crippen LogP contribution in [0.5, 0.6) is 0 Å². The molecule has 0 N–H and O–H groups in total. The van der Waals surface area contributed by atoms with E-state index in [1.54, 1.807) is 11.3 Å². The number of aromatic nitrogens is 1. The Hall–Kier alpha value is -1.48. The summed E-state index contributed by atoms with van der Waals surface area (Å²) < 4.78 is 0. The van der Waals surface area contributed by atoms with E-state index in [4.69, 9.17) is 0 Å². The highest BCUT2D eigenvalue weighted by atomic mass is 32.1. The number of aryl methyl sites for hydroxylation is 1. The maximum absolute atomic E-state index is 11.9. The van der Waals surface area contributed by atoms with Crippen LogP contribution in [0, 0.1) is 12.8 Å². The topological polar surface area (TPSA) is 30.0 Å². The average Bonchev–Trinajstić information content (AvgIpc) is 2.75. The van der Waals surface area contributed by atoms with Gasteiger partial charge in [0.05, 0.1) is 10.7 Å². The molecule has 0 spiro atoms. The number of carbonyl (C=O) groups is 1. The monoisotopic (exact) mass is 245 g/mol. The van der Waals surface area contributed by atoms with Gasteiger partial charge in [-0.15, -0.1) is 11.3 Å². The molecule has 0 fully saturated rings. The van der Waals surface area contributed by atoms with Crippen LogP contribution >= 0.6 is 11.3 Å². The van der Waals surface area contributed by atoms with E-state index < -0.39 is 0 Å². The van der Waals surface area contributed by atoms with E-state index in [0.29, 0.717) is 0 Å². The third kappa shape index (κ3) is 2.61. The molecule has 0 radical (unpaired) electrons. The summed E-state index contributed by atoms with van der Waals surface area (Å²) in [4.78, 5) is 16.3. The van der Waals surface area contributed by atoms with Crippen molar-refractivity contribution in [2.75, 3.05) is 0 Å². The van der Waals surface area contributed by atoms with Crippen LogP contribution in [0.2, 0.25) is 0 Å². The fourth-order valence-corrected chi connectivity index (χ4v) is 2.28. The summed E-state index contributed by atoms with van der Waals surface area (Å²) in [5.74, 6) is 0.209.